The van der Waals surface area contributed by atoms with E-state index < -0.39 is 0 Å². The Balaban J connectivity index is 1.15. The molecule has 0 aliphatic carbocycles. The van der Waals surface area contributed by atoms with Crippen LogP contribution >= 0.6 is 0 Å². The molecule has 2 fully saturated rings. The lowest BCUT2D eigenvalue weighted by atomic mass is 10.0. The van der Waals surface area contributed by atoms with Crippen molar-refractivity contribution in [3.05, 3.63) is 70.6 Å². The van der Waals surface area contributed by atoms with Crippen molar-refractivity contribution in [3.8, 4) is 0 Å². The van der Waals surface area contributed by atoms with Crippen LogP contribution in [0.15, 0.2) is 59.4 Å². The molecule has 2 aliphatic rings. The summed E-state index contributed by atoms with van der Waals surface area (Å²) in [7, 11) is 0. The summed E-state index contributed by atoms with van der Waals surface area (Å²) in [5.41, 5.74) is 3.00. The summed E-state index contributed by atoms with van der Waals surface area (Å²) >= 11 is 0. The number of rotatable bonds is 4. The van der Waals surface area contributed by atoms with Crippen molar-refractivity contribution in [2.75, 3.05) is 26.2 Å². The van der Waals surface area contributed by atoms with Gasteiger partial charge in [-0.25, -0.2) is 9.59 Å². The van der Waals surface area contributed by atoms with E-state index >= 15 is 0 Å². The standard InChI is InChI=1S/C25H30N4O3/c30-24-26-22-10-4-5-11-23(22)29(24)20-12-15-28(16-13-20)25(31)32-21-9-6-14-27(18-21)17-19-7-2-1-3-8-19/h1-5,7-8,10-11,20-21H,6,9,12-18H2,(H,26,30). The quantitative estimate of drug-likeness (QED) is 0.679. The van der Waals surface area contributed by atoms with Gasteiger partial charge in [-0.05, 0) is 49.9 Å². The van der Waals surface area contributed by atoms with Gasteiger partial charge < -0.3 is 14.6 Å². The lowest BCUT2D eigenvalue weighted by Crippen LogP contribution is -2.45. The van der Waals surface area contributed by atoms with Gasteiger partial charge in [0.25, 0.3) is 0 Å². The average molecular weight is 435 g/mol. The minimum Gasteiger partial charge on any atom is -0.445 e. The highest BCUT2D eigenvalue weighted by Gasteiger charge is 2.29. The molecule has 7 nitrogen and oxygen atoms in total. The number of nitrogens with one attached hydrogen (secondary N) is 1. The predicted molar refractivity (Wildman–Crippen MR) is 124 cm³/mol. The summed E-state index contributed by atoms with van der Waals surface area (Å²) in [6.45, 7) is 3.92. The molecule has 168 valence electrons. The largest absolute Gasteiger partial charge is 0.445 e. The summed E-state index contributed by atoms with van der Waals surface area (Å²) in [5.74, 6) is 0. The summed E-state index contributed by atoms with van der Waals surface area (Å²) < 4.78 is 7.74. The van der Waals surface area contributed by atoms with Crippen molar-refractivity contribution >= 4 is 17.1 Å². The predicted octanol–water partition coefficient (Wildman–Crippen LogP) is 3.77. The van der Waals surface area contributed by atoms with E-state index in [1.54, 1.807) is 4.90 Å². The van der Waals surface area contributed by atoms with Crippen LogP contribution in [0.5, 0.6) is 0 Å². The third-order valence-electron chi connectivity index (χ3n) is 6.69. The van der Waals surface area contributed by atoms with Crippen molar-refractivity contribution in [2.24, 2.45) is 0 Å². The number of imidazole rings is 1. The first kappa shape index (κ1) is 20.8. The van der Waals surface area contributed by atoms with Crippen LogP contribution in [0.4, 0.5) is 4.79 Å². The van der Waals surface area contributed by atoms with E-state index in [0.717, 1.165) is 56.4 Å². The molecule has 0 bridgehead atoms. The highest BCUT2D eigenvalue weighted by Crippen LogP contribution is 2.26. The Hall–Kier alpha value is -3.06. The van der Waals surface area contributed by atoms with Crippen LogP contribution in [0.3, 0.4) is 0 Å². The van der Waals surface area contributed by atoms with Crippen LogP contribution < -0.4 is 5.69 Å². The van der Waals surface area contributed by atoms with Crippen LogP contribution in [0.1, 0.15) is 37.3 Å². The molecule has 3 heterocycles. The number of amides is 1. The lowest BCUT2D eigenvalue weighted by molar-refractivity contribution is 0.0150. The minimum absolute atomic E-state index is 0.0612. The molecule has 1 amide bonds. The van der Waals surface area contributed by atoms with Gasteiger partial charge >= 0.3 is 11.8 Å². The summed E-state index contributed by atoms with van der Waals surface area (Å²) in [6.07, 6.45) is 3.17. The van der Waals surface area contributed by atoms with Gasteiger partial charge in [-0.3, -0.25) is 9.47 Å². The molecule has 1 unspecified atom stereocenters. The highest BCUT2D eigenvalue weighted by molar-refractivity contribution is 5.75. The number of likely N-dealkylation sites (tertiary alicyclic amines) is 2. The second-order valence-electron chi connectivity index (χ2n) is 8.90. The fraction of sp³-hybridized carbons (Fsp3) is 0.440. The molecule has 2 aromatic carbocycles. The van der Waals surface area contributed by atoms with Gasteiger partial charge in [-0.1, -0.05) is 42.5 Å². The third-order valence-corrected chi connectivity index (χ3v) is 6.69. The van der Waals surface area contributed by atoms with Gasteiger partial charge in [0, 0.05) is 32.2 Å². The highest BCUT2D eigenvalue weighted by atomic mass is 16.6. The smallest absolute Gasteiger partial charge is 0.410 e. The molecule has 1 N–H and O–H groups in total. The van der Waals surface area contributed by atoms with Gasteiger partial charge in [0.15, 0.2) is 0 Å². The number of benzene rings is 2. The molecule has 1 aromatic heterocycles. The Morgan fingerprint density at radius 1 is 0.969 bits per heavy atom. The summed E-state index contributed by atoms with van der Waals surface area (Å²) in [4.78, 5) is 32.4. The van der Waals surface area contributed by atoms with Crippen molar-refractivity contribution in [3.63, 3.8) is 0 Å². The van der Waals surface area contributed by atoms with Gasteiger partial charge in [0.2, 0.25) is 0 Å². The van der Waals surface area contributed by atoms with Gasteiger partial charge in [0.1, 0.15) is 6.10 Å². The van der Waals surface area contributed by atoms with Crippen LogP contribution in [0.25, 0.3) is 11.0 Å². The number of hydrogen-bond acceptors (Lipinski definition) is 4. The molecule has 1 atom stereocenters. The van der Waals surface area contributed by atoms with Crippen LogP contribution in [-0.2, 0) is 11.3 Å². The number of aromatic nitrogens is 2. The van der Waals surface area contributed by atoms with E-state index in [0.29, 0.717) is 13.1 Å². The summed E-state index contributed by atoms with van der Waals surface area (Å²) in [6, 6.07) is 18.3. The molecular weight excluding hydrogens is 404 g/mol. The topological polar surface area (TPSA) is 70.6 Å². The van der Waals surface area contributed by atoms with E-state index in [1.165, 1.54) is 5.56 Å². The molecule has 2 saturated heterocycles. The number of fused-ring (bicyclic) bond motifs is 1. The maximum Gasteiger partial charge on any atom is 0.410 e. The monoisotopic (exact) mass is 434 g/mol. The van der Waals surface area contributed by atoms with Gasteiger partial charge in [-0.2, -0.15) is 0 Å². The van der Waals surface area contributed by atoms with E-state index in [4.69, 9.17) is 4.74 Å². The maximum atomic E-state index is 12.8. The zero-order valence-electron chi connectivity index (χ0n) is 18.3. The second-order valence-corrected chi connectivity index (χ2v) is 8.90. The van der Waals surface area contributed by atoms with Gasteiger partial charge in [-0.15, -0.1) is 0 Å². The molecule has 5 rings (SSSR count). The van der Waals surface area contributed by atoms with Crippen LogP contribution in [0.2, 0.25) is 0 Å². The normalized spacial score (nSPS) is 20.5. The van der Waals surface area contributed by atoms with E-state index in [1.807, 2.05) is 34.9 Å². The molecule has 0 radical (unpaired) electrons. The Morgan fingerprint density at radius 3 is 2.53 bits per heavy atom. The molecule has 2 aliphatic heterocycles. The van der Waals surface area contributed by atoms with Crippen molar-refractivity contribution in [1.82, 2.24) is 19.4 Å². The number of ether oxygens (including phenoxy) is 1. The number of piperidine rings is 2. The Labute approximate surface area is 187 Å². The zero-order valence-corrected chi connectivity index (χ0v) is 18.3. The number of carbonyl (C=O) groups excluding carboxylic acids is 1. The van der Waals surface area contributed by atoms with Crippen LogP contribution in [-0.4, -0.2) is 57.7 Å². The fourth-order valence-electron chi connectivity index (χ4n) is 5.06. The third kappa shape index (κ3) is 4.43. The lowest BCUT2D eigenvalue weighted by Gasteiger charge is -2.36. The molecule has 7 heteroatoms. The number of hydrogen-bond donors (Lipinski definition) is 1. The molecular formula is C25H30N4O3. The molecule has 3 aromatic rings. The number of nitrogens with zero attached hydrogens (tertiary/aromatic N) is 3. The zero-order chi connectivity index (χ0) is 21.9. The first-order chi connectivity index (χ1) is 15.7. The SMILES string of the molecule is O=C(OC1CCCN(Cc2ccccc2)C1)N1CCC(n2c(=O)[nH]c3ccccc32)CC1. The number of H-pyrrole nitrogens is 1. The maximum absolute atomic E-state index is 12.8. The first-order valence-electron chi connectivity index (χ1n) is 11.6. The average Bonchev–Trinajstić information content (AvgIpc) is 3.16. The molecule has 32 heavy (non-hydrogen) atoms. The fourth-order valence-corrected chi connectivity index (χ4v) is 5.06. The van der Waals surface area contributed by atoms with Crippen molar-refractivity contribution in [2.45, 2.75) is 44.4 Å². The van der Waals surface area contributed by atoms with E-state index in [2.05, 4.69) is 34.1 Å². The molecule has 0 spiro atoms. The first-order valence-corrected chi connectivity index (χ1v) is 11.6. The second kappa shape index (κ2) is 9.20. The summed E-state index contributed by atoms with van der Waals surface area (Å²) in [5, 5.41) is 0. The van der Waals surface area contributed by atoms with Gasteiger partial charge in [0.05, 0.1) is 11.0 Å². The molecule has 0 saturated carbocycles. The van der Waals surface area contributed by atoms with E-state index in [-0.39, 0.29) is 23.9 Å². The number of para-hydroxylation sites is 2. The Morgan fingerprint density at radius 2 is 1.72 bits per heavy atom. The Kier molecular flexibility index (Phi) is 5.99. The van der Waals surface area contributed by atoms with E-state index in [9.17, 15) is 9.59 Å². The van der Waals surface area contributed by atoms with Crippen LogP contribution in [0, 0.1) is 0 Å². The number of aromatic amines is 1. The Bertz CT molecular complexity index is 1110. The number of carbonyl (C=O) groups is 1. The van der Waals surface area contributed by atoms with Crippen molar-refractivity contribution in [1.29, 1.82) is 0 Å². The van der Waals surface area contributed by atoms with Crippen molar-refractivity contribution < 1.29 is 9.53 Å². The minimum atomic E-state index is -0.221.